The Bertz CT molecular complexity index is 625. The van der Waals surface area contributed by atoms with Crippen LogP contribution >= 0.6 is 0 Å². The van der Waals surface area contributed by atoms with Gasteiger partial charge in [-0.25, -0.2) is 0 Å². The molecule has 4 nitrogen and oxygen atoms in total. The highest BCUT2D eigenvalue weighted by atomic mass is 16.7. The molecule has 0 radical (unpaired) electrons. The second-order valence-electron chi connectivity index (χ2n) is 8.99. The first-order chi connectivity index (χ1) is 12.0. The van der Waals surface area contributed by atoms with E-state index in [4.69, 9.17) is 4.84 Å². The van der Waals surface area contributed by atoms with Gasteiger partial charge in [-0.3, -0.25) is 9.63 Å². The third-order valence-electron chi connectivity index (χ3n) is 5.94. The number of carbonyl (C=O) groups excluding carboxylic acids is 1. The van der Waals surface area contributed by atoms with E-state index >= 15 is 0 Å². The van der Waals surface area contributed by atoms with E-state index in [-0.39, 0.29) is 23.1 Å². The van der Waals surface area contributed by atoms with Crippen LogP contribution in [0.15, 0.2) is 30.3 Å². The van der Waals surface area contributed by atoms with Crippen LogP contribution in [0.1, 0.15) is 79.9 Å². The van der Waals surface area contributed by atoms with Crippen LogP contribution in [0, 0.1) is 0 Å². The molecule has 0 bridgehead atoms. The van der Waals surface area contributed by atoms with Gasteiger partial charge in [0.1, 0.15) is 11.6 Å². The highest BCUT2D eigenvalue weighted by molar-refractivity contribution is 5.87. The Morgan fingerprint density at radius 2 is 1.69 bits per heavy atom. The minimum Gasteiger partial charge on any atom is -0.334 e. The van der Waals surface area contributed by atoms with Crippen molar-refractivity contribution in [2.75, 3.05) is 6.54 Å². The molecule has 0 aliphatic carbocycles. The number of benzene rings is 1. The van der Waals surface area contributed by atoms with Crippen molar-refractivity contribution in [3.63, 3.8) is 0 Å². The normalized spacial score (nSPS) is 29.1. The fourth-order valence-electron chi connectivity index (χ4n) is 3.73. The van der Waals surface area contributed by atoms with Crippen molar-refractivity contribution in [1.29, 1.82) is 0 Å². The third-order valence-corrected chi connectivity index (χ3v) is 5.94. The van der Waals surface area contributed by atoms with E-state index in [1.807, 2.05) is 35.1 Å². The summed E-state index contributed by atoms with van der Waals surface area (Å²) in [6.45, 7) is 17.5. The molecule has 146 valence electrons. The standard InChI is InChI=1S/C22H36N2O2/c1-9-21(7)16-23(20(4,5)6)19(25)22(8,10-2)24(21)26-17(3)18-14-12-11-13-15-18/h11-15,17H,9-10,16H2,1-8H3. The van der Waals surface area contributed by atoms with E-state index in [9.17, 15) is 4.79 Å². The summed E-state index contributed by atoms with van der Waals surface area (Å²) < 4.78 is 0. The Morgan fingerprint density at radius 1 is 1.12 bits per heavy atom. The van der Waals surface area contributed by atoms with Gasteiger partial charge in [-0.15, -0.1) is 0 Å². The summed E-state index contributed by atoms with van der Waals surface area (Å²) in [7, 11) is 0. The van der Waals surface area contributed by atoms with Crippen molar-refractivity contribution in [3.05, 3.63) is 35.9 Å². The second kappa shape index (κ2) is 7.32. The molecule has 1 heterocycles. The van der Waals surface area contributed by atoms with E-state index in [2.05, 4.69) is 60.6 Å². The van der Waals surface area contributed by atoms with Gasteiger partial charge in [-0.2, -0.15) is 5.06 Å². The molecule has 2 rings (SSSR count). The number of carbonyl (C=O) groups is 1. The second-order valence-corrected chi connectivity index (χ2v) is 8.99. The molecule has 1 aliphatic rings. The van der Waals surface area contributed by atoms with Gasteiger partial charge in [0.2, 0.25) is 5.91 Å². The molecule has 3 unspecified atom stereocenters. The summed E-state index contributed by atoms with van der Waals surface area (Å²) in [6.07, 6.45) is 1.50. The van der Waals surface area contributed by atoms with Crippen LogP contribution in [0.5, 0.6) is 0 Å². The largest absolute Gasteiger partial charge is 0.334 e. The van der Waals surface area contributed by atoms with Crippen LogP contribution in [0.4, 0.5) is 0 Å². The summed E-state index contributed by atoms with van der Waals surface area (Å²) in [5.74, 6) is 0.152. The number of hydrogen-bond acceptors (Lipinski definition) is 3. The van der Waals surface area contributed by atoms with Crippen molar-refractivity contribution in [2.45, 2.75) is 91.0 Å². The average molecular weight is 361 g/mol. The topological polar surface area (TPSA) is 32.8 Å². The molecule has 3 atom stereocenters. The van der Waals surface area contributed by atoms with Gasteiger partial charge < -0.3 is 4.90 Å². The molecule has 1 aromatic rings. The first-order valence-corrected chi connectivity index (χ1v) is 9.83. The number of nitrogens with zero attached hydrogens (tertiary/aromatic N) is 2. The molecule has 1 fully saturated rings. The number of hydroxylamine groups is 2. The first kappa shape index (κ1) is 20.9. The predicted octanol–water partition coefficient (Wildman–Crippen LogP) is 4.96. The Morgan fingerprint density at radius 3 is 2.15 bits per heavy atom. The first-order valence-electron chi connectivity index (χ1n) is 9.83. The molecular formula is C22H36N2O2. The van der Waals surface area contributed by atoms with Crippen LogP contribution in [-0.4, -0.2) is 39.0 Å². The minimum absolute atomic E-state index is 0.109. The van der Waals surface area contributed by atoms with E-state index in [0.29, 0.717) is 13.0 Å². The molecule has 0 saturated carbocycles. The van der Waals surface area contributed by atoms with Crippen molar-refractivity contribution >= 4 is 5.91 Å². The molecule has 4 heteroatoms. The molecule has 0 aromatic heterocycles. The SMILES string of the molecule is CCC1(C)CN(C(C)(C)C)C(=O)C(C)(CC)N1OC(C)c1ccccc1. The number of hydrogen-bond donors (Lipinski definition) is 0. The zero-order chi connectivity index (χ0) is 19.8. The smallest absolute Gasteiger partial charge is 0.245 e. The highest BCUT2D eigenvalue weighted by Gasteiger charge is 2.56. The number of rotatable bonds is 5. The summed E-state index contributed by atoms with van der Waals surface area (Å²) in [6, 6.07) is 10.2. The van der Waals surface area contributed by atoms with Crippen LogP contribution < -0.4 is 0 Å². The molecule has 1 saturated heterocycles. The predicted molar refractivity (Wildman–Crippen MR) is 107 cm³/mol. The fourth-order valence-corrected chi connectivity index (χ4v) is 3.73. The zero-order valence-electron chi connectivity index (χ0n) is 17.8. The van der Waals surface area contributed by atoms with Crippen LogP contribution in [-0.2, 0) is 9.63 Å². The molecule has 1 aromatic carbocycles. The van der Waals surface area contributed by atoms with Crippen LogP contribution in [0.2, 0.25) is 0 Å². The Hall–Kier alpha value is -1.39. The maximum absolute atomic E-state index is 13.5. The van der Waals surface area contributed by atoms with E-state index < -0.39 is 5.54 Å². The van der Waals surface area contributed by atoms with Crippen molar-refractivity contribution in [1.82, 2.24) is 9.96 Å². The molecule has 26 heavy (non-hydrogen) atoms. The maximum Gasteiger partial charge on any atom is 0.245 e. The quantitative estimate of drug-likeness (QED) is 0.744. The monoisotopic (exact) mass is 360 g/mol. The third kappa shape index (κ3) is 3.67. The van der Waals surface area contributed by atoms with E-state index in [1.165, 1.54) is 0 Å². The Labute approximate surface area is 159 Å². The number of piperazine rings is 1. The van der Waals surface area contributed by atoms with Gasteiger partial charge in [0, 0.05) is 12.1 Å². The lowest BCUT2D eigenvalue weighted by Crippen LogP contribution is -2.75. The van der Waals surface area contributed by atoms with Gasteiger partial charge in [0.25, 0.3) is 0 Å². The summed E-state index contributed by atoms with van der Waals surface area (Å²) in [5.41, 5.74) is -0.00909. The highest BCUT2D eigenvalue weighted by Crippen LogP contribution is 2.42. The molecule has 1 amide bonds. The summed E-state index contributed by atoms with van der Waals surface area (Å²) in [5, 5.41) is 2.02. The Balaban J connectivity index is 2.43. The van der Waals surface area contributed by atoms with Gasteiger partial charge in [0.15, 0.2) is 0 Å². The lowest BCUT2D eigenvalue weighted by atomic mass is 9.81. The summed E-state index contributed by atoms with van der Waals surface area (Å²) in [4.78, 5) is 22.0. The zero-order valence-corrected chi connectivity index (χ0v) is 17.8. The van der Waals surface area contributed by atoms with Gasteiger partial charge >= 0.3 is 0 Å². The molecular weight excluding hydrogens is 324 g/mol. The lowest BCUT2D eigenvalue weighted by Gasteiger charge is -2.59. The lowest BCUT2D eigenvalue weighted by molar-refractivity contribution is -0.311. The van der Waals surface area contributed by atoms with Gasteiger partial charge in [0.05, 0.1) is 5.54 Å². The van der Waals surface area contributed by atoms with Crippen molar-refractivity contribution < 1.29 is 9.63 Å². The summed E-state index contributed by atoms with van der Waals surface area (Å²) >= 11 is 0. The maximum atomic E-state index is 13.5. The fraction of sp³-hybridized carbons (Fsp3) is 0.682. The van der Waals surface area contributed by atoms with Crippen LogP contribution in [0.3, 0.4) is 0 Å². The van der Waals surface area contributed by atoms with Crippen LogP contribution in [0.25, 0.3) is 0 Å². The minimum atomic E-state index is -0.681. The van der Waals surface area contributed by atoms with Crippen molar-refractivity contribution in [2.24, 2.45) is 0 Å². The number of amides is 1. The van der Waals surface area contributed by atoms with Gasteiger partial charge in [-0.05, 0) is 59.9 Å². The molecule has 0 spiro atoms. The van der Waals surface area contributed by atoms with Crippen molar-refractivity contribution in [3.8, 4) is 0 Å². The Kier molecular flexibility index (Phi) is 5.89. The van der Waals surface area contributed by atoms with E-state index in [1.54, 1.807) is 0 Å². The van der Waals surface area contributed by atoms with E-state index in [0.717, 1.165) is 12.0 Å². The average Bonchev–Trinajstić information content (AvgIpc) is 2.61. The molecule has 1 aliphatic heterocycles. The molecule has 0 N–H and O–H groups in total. The van der Waals surface area contributed by atoms with Gasteiger partial charge in [-0.1, -0.05) is 44.2 Å².